The quantitative estimate of drug-likeness (QED) is 0.210. The van der Waals surface area contributed by atoms with Gasteiger partial charge >= 0.3 is 0 Å². The molecule has 0 aliphatic heterocycles. The Morgan fingerprint density at radius 2 is 1.33 bits per heavy atom. The minimum absolute atomic E-state index is 0.154. The molecule has 0 unspecified atom stereocenters. The van der Waals surface area contributed by atoms with Crippen LogP contribution in [0, 0.1) is 0 Å². The first-order valence-electron chi connectivity index (χ1n) is 11.7. The minimum atomic E-state index is 0.154. The summed E-state index contributed by atoms with van der Waals surface area (Å²) < 4.78 is 0. The molecule has 30 heavy (non-hydrogen) atoms. The Morgan fingerprint density at radius 1 is 0.767 bits per heavy atom. The molecule has 0 heterocycles. The zero-order valence-electron chi connectivity index (χ0n) is 18.9. The first-order chi connectivity index (χ1) is 14.8. The zero-order chi connectivity index (χ0) is 21.5. The van der Waals surface area contributed by atoms with E-state index in [-0.39, 0.29) is 5.91 Å². The second-order valence-corrected chi connectivity index (χ2v) is 7.57. The molecule has 0 aromatic heterocycles. The average Bonchev–Trinajstić information content (AvgIpc) is 2.76. The van der Waals surface area contributed by atoms with Gasteiger partial charge in [-0.15, -0.1) is 0 Å². The van der Waals surface area contributed by atoms with Gasteiger partial charge in [-0.2, -0.15) is 0 Å². The second-order valence-electron chi connectivity index (χ2n) is 7.57. The van der Waals surface area contributed by atoms with Crippen molar-refractivity contribution in [2.24, 2.45) is 0 Å². The molecule has 0 saturated carbocycles. The van der Waals surface area contributed by atoms with Crippen molar-refractivity contribution in [3.63, 3.8) is 0 Å². The van der Waals surface area contributed by atoms with Gasteiger partial charge in [0.05, 0.1) is 0 Å². The number of hydrogen-bond donors (Lipinski definition) is 1. The van der Waals surface area contributed by atoms with Crippen LogP contribution in [-0.4, -0.2) is 12.5 Å². The first kappa shape index (κ1) is 25.7. The molecular weight excluding hydrogens is 366 g/mol. The minimum Gasteiger partial charge on any atom is -0.356 e. The Hall–Kier alpha value is -2.35. The molecule has 1 rings (SSSR count). The number of allylic oxidation sites excluding steroid dienone is 8. The summed E-state index contributed by atoms with van der Waals surface area (Å²) >= 11 is 0. The van der Waals surface area contributed by atoms with Gasteiger partial charge < -0.3 is 5.32 Å². The predicted octanol–water partition coefficient (Wildman–Crippen LogP) is 7.49. The van der Waals surface area contributed by atoms with Crippen LogP contribution in [0.5, 0.6) is 0 Å². The molecule has 1 amide bonds. The van der Waals surface area contributed by atoms with E-state index in [0.717, 1.165) is 38.5 Å². The maximum absolute atomic E-state index is 11.8. The number of benzene rings is 1. The summed E-state index contributed by atoms with van der Waals surface area (Å²) in [6.45, 7) is 2.96. The van der Waals surface area contributed by atoms with Crippen LogP contribution in [0.25, 0.3) is 0 Å². The van der Waals surface area contributed by atoms with Gasteiger partial charge in [0.25, 0.3) is 0 Å². The molecule has 0 atom stereocenters. The van der Waals surface area contributed by atoms with Gasteiger partial charge in [0.15, 0.2) is 0 Å². The number of nitrogens with one attached hydrogen (secondary N) is 1. The SMILES string of the molecule is CCCCCC=CCC=CCC=CCC=CCCCC(=O)NCCc1ccccc1. The molecule has 0 aliphatic rings. The van der Waals surface area contributed by atoms with E-state index in [2.05, 4.69) is 73.0 Å². The van der Waals surface area contributed by atoms with Gasteiger partial charge in [-0.3, -0.25) is 4.79 Å². The fraction of sp³-hybridized carbons (Fsp3) is 0.464. The fourth-order valence-corrected chi connectivity index (χ4v) is 3.02. The van der Waals surface area contributed by atoms with Crippen molar-refractivity contribution in [1.82, 2.24) is 5.32 Å². The van der Waals surface area contributed by atoms with Gasteiger partial charge in [0, 0.05) is 13.0 Å². The normalized spacial score (nSPS) is 12.0. The molecule has 2 nitrogen and oxygen atoms in total. The second kappa shape index (κ2) is 19.9. The largest absolute Gasteiger partial charge is 0.356 e. The number of rotatable bonds is 17. The Bertz CT molecular complexity index is 640. The molecule has 0 spiro atoms. The van der Waals surface area contributed by atoms with Crippen LogP contribution in [0.3, 0.4) is 0 Å². The molecule has 0 radical (unpaired) electrons. The van der Waals surface area contributed by atoms with Crippen molar-refractivity contribution < 1.29 is 4.79 Å². The van der Waals surface area contributed by atoms with Crippen LogP contribution < -0.4 is 5.32 Å². The summed E-state index contributed by atoms with van der Waals surface area (Å²) in [5.74, 6) is 0.154. The molecule has 164 valence electrons. The molecule has 2 heteroatoms. The van der Waals surface area contributed by atoms with Crippen LogP contribution in [0.4, 0.5) is 0 Å². The first-order valence-corrected chi connectivity index (χ1v) is 11.7. The predicted molar refractivity (Wildman–Crippen MR) is 132 cm³/mol. The number of carbonyl (C=O) groups is 1. The van der Waals surface area contributed by atoms with E-state index in [1.807, 2.05) is 18.2 Å². The van der Waals surface area contributed by atoms with Crippen LogP contribution in [0.2, 0.25) is 0 Å². The van der Waals surface area contributed by atoms with Gasteiger partial charge in [-0.1, -0.05) is 98.7 Å². The van der Waals surface area contributed by atoms with Crippen LogP contribution in [0.15, 0.2) is 78.9 Å². The van der Waals surface area contributed by atoms with E-state index >= 15 is 0 Å². The van der Waals surface area contributed by atoms with E-state index in [1.54, 1.807) is 0 Å². The van der Waals surface area contributed by atoms with E-state index in [9.17, 15) is 4.79 Å². The molecular formula is C28H41NO. The lowest BCUT2D eigenvalue weighted by Crippen LogP contribution is -2.25. The molecule has 0 bridgehead atoms. The highest BCUT2D eigenvalue weighted by atomic mass is 16.1. The molecule has 0 saturated heterocycles. The average molecular weight is 408 g/mol. The number of carbonyl (C=O) groups excluding carboxylic acids is 1. The third kappa shape index (κ3) is 16.6. The van der Waals surface area contributed by atoms with E-state index in [0.29, 0.717) is 13.0 Å². The van der Waals surface area contributed by atoms with Crippen LogP contribution in [-0.2, 0) is 11.2 Å². The molecule has 0 fully saturated rings. The summed E-state index contributed by atoms with van der Waals surface area (Å²) in [7, 11) is 0. The van der Waals surface area contributed by atoms with Gasteiger partial charge in [0.2, 0.25) is 5.91 Å². The highest BCUT2D eigenvalue weighted by molar-refractivity contribution is 5.75. The standard InChI is InChI=1S/C28H41NO/c1-2-3-4-5-6-7-8-9-10-11-12-13-14-15-16-17-21-24-28(30)29-26-25-27-22-19-18-20-23-27/h6-7,9-10,12-13,15-16,18-20,22-23H,2-5,8,11,14,17,21,24-26H2,1H3,(H,29,30). The van der Waals surface area contributed by atoms with Crippen molar-refractivity contribution in [3.8, 4) is 0 Å². The Morgan fingerprint density at radius 3 is 1.93 bits per heavy atom. The third-order valence-corrected chi connectivity index (χ3v) is 4.81. The summed E-state index contributed by atoms with van der Waals surface area (Å²) in [4.78, 5) is 11.8. The summed E-state index contributed by atoms with van der Waals surface area (Å²) in [5.41, 5.74) is 1.26. The maximum atomic E-state index is 11.8. The fourth-order valence-electron chi connectivity index (χ4n) is 3.02. The zero-order valence-corrected chi connectivity index (χ0v) is 18.9. The Kier molecular flexibility index (Phi) is 17.1. The lowest BCUT2D eigenvalue weighted by Gasteiger charge is -2.04. The topological polar surface area (TPSA) is 29.1 Å². The number of unbranched alkanes of at least 4 members (excludes halogenated alkanes) is 4. The van der Waals surface area contributed by atoms with Crippen molar-refractivity contribution in [3.05, 3.63) is 84.5 Å². The molecule has 1 N–H and O–H groups in total. The van der Waals surface area contributed by atoms with Crippen molar-refractivity contribution >= 4 is 5.91 Å². The number of hydrogen-bond acceptors (Lipinski definition) is 1. The van der Waals surface area contributed by atoms with E-state index in [1.165, 1.54) is 31.2 Å². The van der Waals surface area contributed by atoms with Gasteiger partial charge in [-0.25, -0.2) is 0 Å². The highest BCUT2D eigenvalue weighted by Gasteiger charge is 1.99. The highest BCUT2D eigenvalue weighted by Crippen LogP contribution is 2.02. The monoisotopic (exact) mass is 407 g/mol. The van der Waals surface area contributed by atoms with Crippen molar-refractivity contribution in [1.29, 1.82) is 0 Å². The van der Waals surface area contributed by atoms with Gasteiger partial charge in [-0.05, 0) is 56.9 Å². The lowest BCUT2D eigenvalue weighted by atomic mass is 10.1. The Labute approximate surface area is 184 Å². The number of amides is 1. The maximum Gasteiger partial charge on any atom is 0.220 e. The Balaban J connectivity index is 1.92. The van der Waals surface area contributed by atoms with E-state index in [4.69, 9.17) is 0 Å². The summed E-state index contributed by atoms with van der Waals surface area (Å²) in [6.07, 6.45) is 29.4. The smallest absolute Gasteiger partial charge is 0.220 e. The van der Waals surface area contributed by atoms with Crippen LogP contribution in [0.1, 0.15) is 76.7 Å². The molecule has 1 aromatic carbocycles. The van der Waals surface area contributed by atoms with Crippen molar-refractivity contribution in [2.75, 3.05) is 6.54 Å². The van der Waals surface area contributed by atoms with Crippen molar-refractivity contribution in [2.45, 2.75) is 77.6 Å². The van der Waals surface area contributed by atoms with Crippen LogP contribution >= 0.6 is 0 Å². The molecule has 1 aromatic rings. The lowest BCUT2D eigenvalue weighted by molar-refractivity contribution is -0.121. The third-order valence-electron chi connectivity index (χ3n) is 4.81. The summed E-state index contributed by atoms with van der Waals surface area (Å²) in [6, 6.07) is 10.3. The van der Waals surface area contributed by atoms with E-state index < -0.39 is 0 Å². The summed E-state index contributed by atoms with van der Waals surface area (Å²) in [5, 5.41) is 3.00. The molecule has 0 aliphatic carbocycles. The van der Waals surface area contributed by atoms with Gasteiger partial charge in [0.1, 0.15) is 0 Å².